The van der Waals surface area contributed by atoms with Crippen LogP contribution in [0.3, 0.4) is 0 Å². The standard InChI is InChI=1S/C17H21BrN4O3/c1-3-11-9-12(23)7-8-16(11)25-10-13-14(18)5-4-6-15(13)22(20)17(24)21(2)19/h4-9,23H,3,10,19-20H2,1-2H3. The largest absolute Gasteiger partial charge is 0.508 e. The Balaban J connectivity index is 2.30. The third kappa shape index (κ3) is 4.41. The number of carbonyl (C=O) groups excluding carboxylic acids is 1. The Bertz CT molecular complexity index is 768. The second kappa shape index (κ2) is 8.19. The fourth-order valence-electron chi connectivity index (χ4n) is 2.32. The molecule has 2 amide bonds. The van der Waals surface area contributed by atoms with Crippen molar-refractivity contribution in [2.75, 3.05) is 12.1 Å². The number of aromatic hydroxyl groups is 1. The molecule has 0 unspecified atom stereocenters. The normalized spacial score (nSPS) is 10.4. The molecule has 0 saturated heterocycles. The first-order chi connectivity index (χ1) is 11.8. The summed E-state index contributed by atoms with van der Waals surface area (Å²) in [5.41, 5.74) is 2.07. The van der Waals surface area contributed by atoms with Crippen molar-refractivity contribution in [1.82, 2.24) is 5.01 Å². The molecule has 2 rings (SSSR count). The quantitative estimate of drug-likeness (QED) is 0.400. The SMILES string of the molecule is CCc1cc(O)ccc1OCc1c(Br)cccc1N(N)C(=O)N(C)N. The topological polar surface area (TPSA) is 105 Å². The van der Waals surface area contributed by atoms with Crippen LogP contribution in [0.5, 0.6) is 11.5 Å². The van der Waals surface area contributed by atoms with Gasteiger partial charge in [-0.1, -0.05) is 28.9 Å². The third-order valence-corrected chi connectivity index (χ3v) is 4.40. The van der Waals surface area contributed by atoms with Crippen LogP contribution in [-0.2, 0) is 13.0 Å². The van der Waals surface area contributed by atoms with E-state index in [0.29, 0.717) is 23.4 Å². The summed E-state index contributed by atoms with van der Waals surface area (Å²) in [6, 6.07) is 9.70. The summed E-state index contributed by atoms with van der Waals surface area (Å²) in [5, 5.41) is 11.5. The van der Waals surface area contributed by atoms with Crippen molar-refractivity contribution in [3.63, 3.8) is 0 Å². The van der Waals surface area contributed by atoms with Crippen molar-refractivity contribution < 1.29 is 14.6 Å². The van der Waals surface area contributed by atoms with Gasteiger partial charge >= 0.3 is 6.03 Å². The van der Waals surface area contributed by atoms with Crippen molar-refractivity contribution in [2.24, 2.45) is 11.7 Å². The van der Waals surface area contributed by atoms with E-state index in [9.17, 15) is 9.90 Å². The summed E-state index contributed by atoms with van der Waals surface area (Å²) >= 11 is 3.46. The molecule has 0 spiro atoms. The maximum absolute atomic E-state index is 12.0. The second-order valence-corrected chi connectivity index (χ2v) is 6.29. The summed E-state index contributed by atoms with van der Waals surface area (Å²) in [6.07, 6.45) is 0.714. The number of phenolic OH excluding ortho intramolecular Hbond substituents is 1. The van der Waals surface area contributed by atoms with Crippen LogP contribution in [0.1, 0.15) is 18.1 Å². The molecule has 0 aromatic heterocycles. The highest BCUT2D eigenvalue weighted by molar-refractivity contribution is 9.10. The van der Waals surface area contributed by atoms with Crippen molar-refractivity contribution in [2.45, 2.75) is 20.0 Å². The number of halogens is 1. The molecule has 0 saturated carbocycles. The number of anilines is 1. The van der Waals surface area contributed by atoms with Crippen LogP contribution in [-0.4, -0.2) is 23.2 Å². The number of nitrogens with two attached hydrogens (primary N) is 2. The highest BCUT2D eigenvalue weighted by Crippen LogP contribution is 2.30. The van der Waals surface area contributed by atoms with Gasteiger partial charge in [0.1, 0.15) is 18.1 Å². The molecule has 0 radical (unpaired) electrons. The number of urea groups is 1. The lowest BCUT2D eigenvalue weighted by Gasteiger charge is -2.24. The van der Waals surface area contributed by atoms with Crippen LogP contribution in [0.4, 0.5) is 10.5 Å². The Morgan fingerprint density at radius 3 is 2.64 bits per heavy atom. The number of nitrogens with zero attached hydrogens (tertiary/aromatic N) is 2. The van der Waals surface area contributed by atoms with Crippen LogP contribution in [0.25, 0.3) is 0 Å². The Morgan fingerprint density at radius 1 is 1.28 bits per heavy atom. The van der Waals surface area contributed by atoms with Crippen LogP contribution in [0.2, 0.25) is 0 Å². The van der Waals surface area contributed by atoms with Crippen LogP contribution >= 0.6 is 15.9 Å². The maximum Gasteiger partial charge on any atom is 0.352 e. The first-order valence-electron chi connectivity index (χ1n) is 7.64. The number of ether oxygens (including phenoxy) is 1. The molecule has 0 bridgehead atoms. The number of benzene rings is 2. The van der Waals surface area contributed by atoms with Gasteiger partial charge in [0.15, 0.2) is 0 Å². The van der Waals surface area contributed by atoms with Gasteiger partial charge in [-0.2, -0.15) is 0 Å². The highest BCUT2D eigenvalue weighted by atomic mass is 79.9. The number of phenols is 1. The minimum Gasteiger partial charge on any atom is -0.508 e. The van der Waals surface area contributed by atoms with Gasteiger partial charge in [0.25, 0.3) is 0 Å². The van der Waals surface area contributed by atoms with Gasteiger partial charge in [-0.05, 0) is 42.3 Å². The first kappa shape index (κ1) is 19.0. The van der Waals surface area contributed by atoms with Gasteiger partial charge in [0, 0.05) is 17.1 Å². The van der Waals surface area contributed by atoms with E-state index in [-0.39, 0.29) is 12.4 Å². The predicted octanol–water partition coefficient (Wildman–Crippen LogP) is 2.90. The maximum atomic E-state index is 12.0. The molecule has 134 valence electrons. The van der Waals surface area contributed by atoms with Crippen LogP contribution in [0.15, 0.2) is 40.9 Å². The molecular weight excluding hydrogens is 388 g/mol. The molecule has 2 aromatic carbocycles. The van der Waals surface area contributed by atoms with Gasteiger partial charge in [0.2, 0.25) is 0 Å². The predicted molar refractivity (Wildman–Crippen MR) is 100.0 cm³/mol. The average Bonchev–Trinajstić information content (AvgIpc) is 2.59. The minimum atomic E-state index is -0.557. The van der Waals surface area contributed by atoms with Crippen molar-refractivity contribution in [3.8, 4) is 11.5 Å². The Morgan fingerprint density at radius 2 is 2.00 bits per heavy atom. The monoisotopic (exact) mass is 408 g/mol. The molecule has 0 aliphatic carbocycles. The zero-order chi connectivity index (χ0) is 18.6. The van der Waals surface area contributed by atoms with Gasteiger partial charge in [0.05, 0.1) is 5.69 Å². The zero-order valence-electron chi connectivity index (χ0n) is 14.1. The summed E-state index contributed by atoms with van der Waals surface area (Å²) in [5.74, 6) is 12.2. The number of aryl methyl sites for hydroxylation is 1. The molecule has 0 fully saturated rings. The molecular formula is C17H21BrN4O3. The van der Waals surface area contributed by atoms with Crippen molar-refractivity contribution in [3.05, 3.63) is 52.0 Å². The third-order valence-electron chi connectivity index (χ3n) is 3.66. The molecule has 0 aliphatic rings. The molecule has 0 atom stereocenters. The molecule has 25 heavy (non-hydrogen) atoms. The van der Waals surface area contributed by atoms with E-state index in [1.165, 1.54) is 7.05 Å². The van der Waals surface area contributed by atoms with Crippen molar-refractivity contribution in [1.29, 1.82) is 0 Å². The average molecular weight is 409 g/mol. The smallest absolute Gasteiger partial charge is 0.352 e. The summed E-state index contributed by atoms with van der Waals surface area (Å²) in [4.78, 5) is 12.0. The number of amides is 2. The highest BCUT2D eigenvalue weighted by Gasteiger charge is 2.19. The fraction of sp³-hybridized carbons (Fsp3) is 0.235. The second-order valence-electron chi connectivity index (χ2n) is 5.44. The minimum absolute atomic E-state index is 0.184. The molecule has 7 nitrogen and oxygen atoms in total. The lowest BCUT2D eigenvalue weighted by atomic mass is 10.1. The fourth-order valence-corrected chi connectivity index (χ4v) is 2.79. The van der Waals surface area contributed by atoms with E-state index in [1.54, 1.807) is 30.3 Å². The van der Waals surface area contributed by atoms with E-state index < -0.39 is 6.03 Å². The molecule has 2 aromatic rings. The Hall–Kier alpha value is -2.29. The first-order valence-corrected chi connectivity index (χ1v) is 8.43. The summed E-state index contributed by atoms with van der Waals surface area (Å²) in [7, 11) is 1.42. The number of hydrogen-bond donors (Lipinski definition) is 3. The van der Waals surface area contributed by atoms with E-state index >= 15 is 0 Å². The molecule has 0 heterocycles. The summed E-state index contributed by atoms with van der Waals surface area (Å²) in [6.45, 7) is 2.16. The van der Waals surface area contributed by atoms with E-state index in [2.05, 4.69) is 15.9 Å². The molecule has 8 heteroatoms. The zero-order valence-corrected chi connectivity index (χ0v) is 15.7. The lowest BCUT2D eigenvalue weighted by Crippen LogP contribution is -2.49. The van der Waals surface area contributed by atoms with E-state index in [4.69, 9.17) is 16.4 Å². The number of hydrazine groups is 2. The molecule has 5 N–H and O–H groups in total. The van der Waals surface area contributed by atoms with Gasteiger partial charge in [-0.25, -0.2) is 21.5 Å². The van der Waals surface area contributed by atoms with Crippen LogP contribution in [0, 0.1) is 0 Å². The van der Waals surface area contributed by atoms with Gasteiger partial charge in [-0.15, -0.1) is 0 Å². The summed E-state index contributed by atoms with van der Waals surface area (Å²) < 4.78 is 6.66. The van der Waals surface area contributed by atoms with E-state index in [1.807, 2.05) is 13.0 Å². The number of carbonyl (C=O) groups is 1. The van der Waals surface area contributed by atoms with Gasteiger partial charge in [-0.3, -0.25) is 5.01 Å². The lowest BCUT2D eigenvalue weighted by molar-refractivity contribution is 0.216. The van der Waals surface area contributed by atoms with E-state index in [0.717, 1.165) is 20.1 Å². The Labute approximate surface area is 154 Å². The molecule has 0 aliphatic heterocycles. The number of rotatable bonds is 5. The Kier molecular flexibility index (Phi) is 6.24. The van der Waals surface area contributed by atoms with Crippen LogP contribution < -0.4 is 21.4 Å². The van der Waals surface area contributed by atoms with Crippen molar-refractivity contribution >= 4 is 27.6 Å². The number of hydrogen-bond acceptors (Lipinski definition) is 5. The van der Waals surface area contributed by atoms with Gasteiger partial charge < -0.3 is 9.84 Å².